The summed E-state index contributed by atoms with van der Waals surface area (Å²) in [4.78, 5) is 39.6. The van der Waals surface area contributed by atoms with Gasteiger partial charge in [0.15, 0.2) is 0 Å². The lowest BCUT2D eigenvalue weighted by Gasteiger charge is -2.11. The molecule has 15 heteroatoms. The molecule has 0 aromatic carbocycles. The maximum atomic E-state index is 13.6. The monoisotopic (exact) mass is 518 g/mol. The lowest BCUT2D eigenvalue weighted by Crippen LogP contribution is -2.18. The molecule has 0 spiro atoms. The highest BCUT2D eigenvalue weighted by Crippen LogP contribution is 2.43. The number of nitrogens with two attached hydrogens (primary N) is 1. The number of carbonyl (C=O) groups excluding carboxylic acids is 2. The van der Waals surface area contributed by atoms with Crippen LogP contribution in [0.25, 0.3) is 21.3 Å². The molecule has 0 aliphatic rings. The Labute approximate surface area is 205 Å². The second kappa shape index (κ2) is 9.41. The minimum Gasteiger partial charge on any atom is -0.365 e. The molecule has 0 radical (unpaired) electrons. The number of nitrogens with zero attached hydrogens (tertiary/aromatic N) is 6. The molecule has 0 bridgehead atoms. The number of rotatable bonds is 8. The lowest BCUT2D eigenvalue weighted by molar-refractivity contribution is -0.385. The maximum Gasteiger partial charge on any atom is 0.309 e. The number of aromatic nitrogens is 5. The van der Waals surface area contributed by atoms with Crippen molar-refractivity contribution >= 4 is 44.7 Å². The summed E-state index contributed by atoms with van der Waals surface area (Å²) in [7, 11) is 1.68. The van der Waals surface area contributed by atoms with Gasteiger partial charge in [0, 0.05) is 30.6 Å². The molecule has 0 saturated heterocycles. The normalized spacial score (nSPS) is 11.4. The lowest BCUT2D eigenvalue weighted by atomic mass is 10.0. The van der Waals surface area contributed by atoms with Crippen LogP contribution in [0.5, 0.6) is 0 Å². The van der Waals surface area contributed by atoms with Gasteiger partial charge in [-0.05, 0) is 25.5 Å². The largest absolute Gasteiger partial charge is 0.365 e. The Balaban J connectivity index is 1.76. The van der Waals surface area contributed by atoms with Crippen molar-refractivity contribution < 1.29 is 23.3 Å². The van der Waals surface area contributed by atoms with E-state index in [-0.39, 0.29) is 45.1 Å². The zero-order valence-corrected chi connectivity index (χ0v) is 20.1. The molecule has 4 aromatic rings. The summed E-state index contributed by atoms with van der Waals surface area (Å²) in [5.41, 5.74) is 6.60. The molecule has 0 unspecified atom stereocenters. The first-order valence-corrected chi connectivity index (χ1v) is 11.3. The number of halogens is 2. The van der Waals surface area contributed by atoms with E-state index in [1.807, 2.05) is 0 Å². The smallest absolute Gasteiger partial charge is 0.309 e. The first kappa shape index (κ1) is 24.8. The Morgan fingerprint density at radius 3 is 2.58 bits per heavy atom. The summed E-state index contributed by atoms with van der Waals surface area (Å²) < 4.78 is 30.1. The molecule has 0 atom stereocenters. The van der Waals surface area contributed by atoms with Crippen molar-refractivity contribution in [3.8, 4) is 11.1 Å². The van der Waals surface area contributed by atoms with E-state index in [1.165, 1.54) is 22.4 Å². The topological polar surface area (TPSA) is 164 Å². The number of amides is 2. The van der Waals surface area contributed by atoms with E-state index in [1.54, 1.807) is 20.2 Å². The van der Waals surface area contributed by atoms with Crippen LogP contribution in [0.3, 0.4) is 0 Å². The van der Waals surface area contributed by atoms with E-state index >= 15 is 0 Å². The van der Waals surface area contributed by atoms with E-state index < -0.39 is 28.9 Å². The number of aryl methyl sites for hydroxylation is 3. The summed E-state index contributed by atoms with van der Waals surface area (Å²) >= 11 is 0.797. The zero-order chi connectivity index (χ0) is 26.3. The third kappa shape index (κ3) is 4.51. The molecule has 188 valence electrons. The number of nitrogens with one attached hydrogen (secondary N) is 1. The third-order valence-corrected chi connectivity index (χ3v) is 6.62. The van der Waals surface area contributed by atoms with Crippen LogP contribution in [0.15, 0.2) is 18.5 Å². The number of thiophene rings is 1. The van der Waals surface area contributed by atoms with Gasteiger partial charge in [0.1, 0.15) is 27.3 Å². The van der Waals surface area contributed by atoms with Gasteiger partial charge in [-0.25, -0.2) is 13.8 Å². The average molecular weight is 519 g/mol. The van der Waals surface area contributed by atoms with Gasteiger partial charge >= 0.3 is 5.69 Å². The van der Waals surface area contributed by atoms with Gasteiger partial charge < -0.3 is 11.1 Å². The van der Waals surface area contributed by atoms with Gasteiger partial charge in [0.05, 0.1) is 22.8 Å². The van der Waals surface area contributed by atoms with Crippen LogP contribution < -0.4 is 11.1 Å². The fourth-order valence-electron chi connectivity index (χ4n) is 3.85. The quantitative estimate of drug-likeness (QED) is 0.266. The molecule has 0 aliphatic heterocycles. The van der Waals surface area contributed by atoms with Crippen molar-refractivity contribution in [1.29, 1.82) is 0 Å². The van der Waals surface area contributed by atoms with Gasteiger partial charge in [-0.2, -0.15) is 10.2 Å². The van der Waals surface area contributed by atoms with Crippen LogP contribution in [0, 0.1) is 24.0 Å². The van der Waals surface area contributed by atoms with Crippen molar-refractivity contribution in [3.63, 3.8) is 0 Å². The summed E-state index contributed by atoms with van der Waals surface area (Å²) in [6.07, 6.45) is -0.276. The Kier molecular flexibility index (Phi) is 6.49. The summed E-state index contributed by atoms with van der Waals surface area (Å²) in [6.45, 7) is 3.24. The Bertz CT molecular complexity index is 1520. The van der Waals surface area contributed by atoms with Crippen LogP contribution >= 0.6 is 11.3 Å². The van der Waals surface area contributed by atoms with E-state index in [0.29, 0.717) is 16.8 Å². The van der Waals surface area contributed by atoms with E-state index in [4.69, 9.17) is 5.73 Å². The van der Waals surface area contributed by atoms with Gasteiger partial charge in [-0.3, -0.25) is 29.1 Å². The number of carbonyl (C=O) groups is 2. The van der Waals surface area contributed by atoms with Crippen LogP contribution in [0.4, 0.5) is 20.2 Å². The molecule has 4 aromatic heterocycles. The molecule has 36 heavy (non-hydrogen) atoms. The van der Waals surface area contributed by atoms with Crippen LogP contribution in [0.2, 0.25) is 0 Å². The number of alkyl halides is 2. The number of pyridine rings is 1. The Morgan fingerprint density at radius 1 is 1.31 bits per heavy atom. The molecule has 4 rings (SSSR count). The first-order valence-electron chi connectivity index (χ1n) is 10.5. The molecule has 3 N–H and O–H groups in total. The third-order valence-electron chi connectivity index (χ3n) is 5.52. The number of hydrogen-bond donors (Lipinski definition) is 2. The highest BCUT2D eigenvalue weighted by atomic mass is 32.1. The number of primary amides is 1. The highest BCUT2D eigenvalue weighted by Gasteiger charge is 2.26. The molecule has 4 heterocycles. The van der Waals surface area contributed by atoms with Crippen molar-refractivity contribution in [1.82, 2.24) is 24.5 Å². The summed E-state index contributed by atoms with van der Waals surface area (Å²) in [5, 5.41) is 22.2. The molecule has 0 saturated carbocycles. The minimum absolute atomic E-state index is 0.0296. The minimum atomic E-state index is -2.87. The second-order valence-corrected chi connectivity index (χ2v) is 8.94. The SMILES string of the molecule is Cc1nn(C)cc1-c1cc(C(F)F)nc2sc(C(N)=O)c(NC(=O)CCn3ncc([N+](=O)[O-])c3C)c12. The van der Waals surface area contributed by atoms with E-state index in [9.17, 15) is 28.5 Å². The van der Waals surface area contributed by atoms with Crippen molar-refractivity contribution in [2.75, 3.05) is 5.32 Å². The van der Waals surface area contributed by atoms with Crippen LogP contribution in [-0.2, 0) is 18.4 Å². The number of hydrogen-bond acceptors (Lipinski definition) is 8. The van der Waals surface area contributed by atoms with Crippen LogP contribution in [0.1, 0.15) is 39.6 Å². The standard InChI is InChI=1S/C21H20F2N8O4S/c1-9-12(8-29(3)28-9)11-6-13(19(22)23)26-21-16(11)17(18(36-21)20(24)33)27-15(32)4-5-30-10(2)14(7-25-30)31(34)35/h6-8,19H,4-5H2,1-3H3,(H2,24,33)(H,27,32). The predicted molar refractivity (Wildman–Crippen MR) is 127 cm³/mol. The van der Waals surface area contributed by atoms with Crippen molar-refractivity contribution in [3.05, 3.63) is 50.5 Å². The van der Waals surface area contributed by atoms with E-state index in [2.05, 4.69) is 20.5 Å². The second-order valence-electron chi connectivity index (χ2n) is 7.94. The van der Waals surface area contributed by atoms with Gasteiger partial charge in [-0.15, -0.1) is 11.3 Å². The molecule has 0 fully saturated rings. The highest BCUT2D eigenvalue weighted by molar-refractivity contribution is 7.21. The summed E-state index contributed by atoms with van der Waals surface area (Å²) in [6, 6.07) is 1.20. The van der Waals surface area contributed by atoms with E-state index in [0.717, 1.165) is 17.5 Å². The number of nitro groups is 1. The van der Waals surface area contributed by atoms with Gasteiger partial charge in [-0.1, -0.05) is 0 Å². The number of fused-ring (bicyclic) bond motifs is 1. The Morgan fingerprint density at radius 2 is 2.03 bits per heavy atom. The molecular weight excluding hydrogens is 498 g/mol. The maximum absolute atomic E-state index is 13.6. The van der Waals surface area contributed by atoms with Gasteiger partial charge in [0.25, 0.3) is 12.3 Å². The molecule has 2 amide bonds. The predicted octanol–water partition coefficient (Wildman–Crippen LogP) is 3.48. The fourth-order valence-corrected chi connectivity index (χ4v) is 4.86. The molecular formula is C21H20F2N8O4S. The zero-order valence-electron chi connectivity index (χ0n) is 19.3. The molecule has 0 aliphatic carbocycles. The number of anilines is 1. The average Bonchev–Trinajstić information content (AvgIpc) is 3.46. The van der Waals surface area contributed by atoms with Crippen LogP contribution in [-0.4, -0.2) is 41.3 Å². The fraction of sp³-hybridized carbons (Fsp3) is 0.286. The Hall–Kier alpha value is -4.27. The molecule has 12 nitrogen and oxygen atoms in total. The van der Waals surface area contributed by atoms with Crippen molar-refractivity contribution in [2.45, 2.75) is 33.2 Å². The van der Waals surface area contributed by atoms with Crippen molar-refractivity contribution in [2.24, 2.45) is 12.8 Å². The summed E-state index contributed by atoms with van der Waals surface area (Å²) in [5.74, 6) is -1.40. The first-order chi connectivity index (χ1) is 17.0. The van der Waals surface area contributed by atoms with Gasteiger partial charge in [0.2, 0.25) is 5.91 Å².